The van der Waals surface area contributed by atoms with Crippen molar-refractivity contribution in [3.8, 4) is 0 Å². The van der Waals surface area contributed by atoms with Crippen LogP contribution in [0.5, 0.6) is 0 Å². The SMILES string of the molecule is CCC(NC(=O)c1cc(=O)n(C)c(=O)n1C)c1cn2cccnc2n1. The lowest BCUT2D eigenvalue weighted by Gasteiger charge is -2.16. The predicted molar refractivity (Wildman–Crippen MR) is 90.4 cm³/mol. The molecule has 3 aromatic rings. The van der Waals surface area contributed by atoms with Crippen LogP contribution in [0, 0.1) is 0 Å². The minimum absolute atomic E-state index is 0.00781. The lowest BCUT2D eigenvalue weighted by molar-refractivity contribution is 0.0924. The Kier molecular flexibility index (Phi) is 4.22. The first kappa shape index (κ1) is 16.6. The molecule has 9 heteroatoms. The number of aromatic nitrogens is 5. The summed E-state index contributed by atoms with van der Waals surface area (Å²) in [4.78, 5) is 44.9. The van der Waals surface area contributed by atoms with E-state index in [4.69, 9.17) is 0 Å². The number of carbonyl (C=O) groups excluding carboxylic acids is 1. The molecule has 3 aromatic heterocycles. The Balaban J connectivity index is 1.93. The fourth-order valence-corrected chi connectivity index (χ4v) is 2.58. The summed E-state index contributed by atoms with van der Waals surface area (Å²) in [7, 11) is 2.82. The number of hydrogen-bond acceptors (Lipinski definition) is 5. The van der Waals surface area contributed by atoms with Gasteiger partial charge in [0.25, 0.3) is 11.5 Å². The maximum Gasteiger partial charge on any atom is 0.331 e. The van der Waals surface area contributed by atoms with Gasteiger partial charge in [0.15, 0.2) is 0 Å². The molecule has 0 radical (unpaired) electrons. The van der Waals surface area contributed by atoms with Crippen LogP contribution in [0.4, 0.5) is 0 Å². The lowest BCUT2D eigenvalue weighted by Crippen LogP contribution is -2.41. The van der Waals surface area contributed by atoms with Gasteiger partial charge in [-0.25, -0.2) is 14.8 Å². The molecule has 9 nitrogen and oxygen atoms in total. The highest BCUT2D eigenvalue weighted by Gasteiger charge is 2.20. The third kappa shape index (κ3) is 2.95. The number of fused-ring (bicyclic) bond motifs is 1. The summed E-state index contributed by atoms with van der Waals surface area (Å²) in [6.45, 7) is 1.91. The zero-order valence-corrected chi connectivity index (χ0v) is 14.1. The summed E-state index contributed by atoms with van der Waals surface area (Å²) in [6, 6.07) is 2.57. The van der Waals surface area contributed by atoms with E-state index >= 15 is 0 Å². The van der Waals surface area contributed by atoms with Gasteiger partial charge in [-0.15, -0.1) is 0 Å². The van der Waals surface area contributed by atoms with E-state index < -0.39 is 17.2 Å². The molecule has 0 aliphatic carbocycles. The maximum atomic E-state index is 12.6. The van der Waals surface area contributed by atoms with Gasteiger partial charge in [-0.1, -0.05) is 6.92 Å². The van der Waals surface area contributed by atoms with Crippen molar-refractivity contribution in [2.75, 3.05) is 0 Å². The van der Waals surface area contributed by atoms with Crippen molar-refractivity contribution in [1.82, 2.24) is 28.8 Å². The molecule has 0 fully saturated rings. The first-order valence-electron chi connectivity index (χ1n) is 7.80. The Labute approximate surface area is 142 Å². The molecule has 1 unspecified atom stereocenters. The van der Waals surface area contributed by atoms with E-state index in [1.165, 1.54) is 14.1 Å². The van der Waals surface area contributed by atoms with Crippen LogP contribution in [0.3, 0.4) is 0 Å². The van der Waals surface area contributed by atoms with E-state index in [0.717, 1.165) is 15.2 Å². The first-order valence-corrected chi connectivity index (χ1v) is 7.80. The first-order chi connectivity index (χ1) is 11.9. The molecule has 25 heavy (non-hydrogen) atoms. The molecule has 3 rings (SSSR count). The molecule has 0 aliphatic rings. The number of hydrogen-bond donors (Lipinski definition) is 1. The highest BCUT2D eigenvalue weighted by molar-refractivity contribution is 5.92. The molecule has 1 N–H and O–H groups in total. The third-order valence-corrected chi connectivity index (χ3v) is 4.08. The second kappa shape index (κ2) is 6.34. The Hall–Kier alpha value is -3.23. The molecule has 0 aliphatic heterocycles. The molecule has 0 saturated heterocycles. The number of amides is 1. The summed E-state index contributed by atoms with van der Waals surface area (Å²) in [5, 5.41) is 2.82. The second-order valence-corrected chi connectivity index (χ2v) is 5.70. The van der Waals surface area contributed by atoms with Gasteiger partial charge in [0.2, 0.25) is 5.78 Å². The van der Waals surface area contributed by atoms with E-state index in [2.05, 4.69) is 15.3 Å². The van der Waals surface area contributed by atoms with Gasteiger partial charge in [-0.3, -0.25) is 23.1 Å². The summed E-state index contributed by atoms with van der Waals surface area (Å²) < 4.78 is 3.86. The van der Waals surface area contributed by atoms with Crippen molar-refractivity contribution >= 4 is 11.7 Å². The van der Waals surface area contributed by atoms with E-state index in [1.54, 1.807) is 22.9 Å². The monoisotopic (exact) mass is 342 g/mol. The van der Waals surface area contributed by atoms with Gasteiger partial charge in [0, 0.05) is 38.8 Å². The van der Waals surface area contributed by atoms with E-state index in [-0.39, 0.29) is 11.7 Å². The number of rotatable bonds is 4. The van der Waals surface area contributed by atoms with Crippen LogP contribution >= 0.6 is 0 Å². The fraction of sp³-hybridized carbons (Fsp3) is 0.312. The second-order valence-electron chi connectivity index (χ2n) is 5.70. The fourth-order valence-electron chi connectivity index (χ4n) is 2.58. The Morgan fingerprint density at radius 3 is 2.72 bits per heavy atom. The lowest BCUT2D eigenvalue weighted by atomic mass is 10.1. The molecule has 130 valence electrons. The molecule has 0 spiro atoms. The van der Waals surface area contributed by atoms with Gasteiger partial charge in [0.1, 0.15) is 5.69 Å². The summed E-state index contributed by atoms with van der Waals surface area (Å²) in [6.07, 6.45) is 5.84. The standard InChI is InChI=1S/C16H18N6O3/c1-4-10(11-9-22-7-5-6-17-15(22)19-11)18-14(24)12-8-13(23)21(3)16(25)20(12)2/h5-10H,4H2,1-3H3,(H,18,24). The van der Waals surface area contributed by atoms with Crippen molar-refractivity contribution in [1.29, 1.82) is 0 Å². The Morgan fingerprint density at radius 1 is 1.28 bits per heavy atom. The van der Waals surface area contributed by atoms with Crippen LogP contribution in [-0.2, 0) is 14.1 Å². The highest BCUT2D eigenvalue weighted by atomic mass is 16.2. The molecular formula is C16H18N6O3. The molecular weight excluding hydrogens is 324 g/mol. The van der Waals surface area contributed by atoms with E-state index in [9.17, 15) is 14.4 Å². The van der Waals surface area contributed by atoms with Crippen molar-refractivity contribution in [3.05, 3.63) is 62.9 Å². The summed E-state index contributed by atoms with van der Waals surface area (Å²) in [5.41, 5.74) is -0.419. The van der Waals surface area contributed by atoms with Crippen LogP contribution in [0.2, 0.25) is 0 Å². The molecule has 0 aromatic carbocycles. The quantitative estimate of drug-likeness (QED) is 0.719. The van der Waals surface area contributed by atoms with Crippen LogP contribution in [0.25, 0.3) is 5.78 Å². The molecule has 0 bridgehead atoms. The molecule has 1 atom stereocenters. The van der Waals surface area contributed by atoms with E-state index in [0.29, 0.717) is 17.9 Å². The van der Waals surface area contributed by atoms with Crippen molar-refractivity contribution in [3.63, 3.8) is 0 Å². The Morgan fingerprint density at radius 2 is 2.04 bits per heavy atom. The largest absolute Gasteiger partial charge is 0.342 e. The van der Waals surface area contributed by atoms with Crippen LogP contribution in [0.1, 0.15) is 35.6 Å². The van der Waals surface area contributed by atoms with Gasteiger partial charge >= 0.3 is 5.69 Å². The van der Waals surface area contributed by atoms with Crippen molar-refractivity contribution in [2.24, 2.45) is 14.1 Å². The highest BCUT2D eigenvalue weighted by Crippen LogP contribution is 2.16. The van der Waals surface area contributed by atoms with Gasteiger partial charge in [-0.2, -0.15) is 0 Å². The number of nitrogens with one attached hydrogen (secondary N) is 1. The molecule has 1 amide bonds. The average molecular weight is 342 g/mol. The predicted octanol–water partition coefficient (Wildman–Crippen LogP) is 0.00780. The van der Waals surface area contributed by atoms with Crippen LogP contribution < -0.4 is 16.6 Å². The number of carbonyl (C=O) groups is 1. The summed E-state index contributed by atoms with van der Waals surface area (Å²) >= 11 is 0. The normalized spacial score (nSPS) is 12.3. The zero-order valence-electron chi connectivity index (χ0n) is 14.1. The van der Waals surface area contributed by atoms with Gasteiger partial charge in [-0.05, 0) is 12.5 Å². The smallest absolute Gasteiger partial charge is 0.331 e. The summed E-state index contributed by atoms with van der Waals surface area (Å²) in [5.74, 6) is 0.0281. The van der Waals surface area contributed by atoms with E-state index in [1.807, 2.05) is 13.1 Å². The molecule has 3 heterocycles. The van der Waals surface area contributed by atoms with Crippen LogP contribution in [-0.4, -0.2) is 29.4 Å². The Bertz CT molecular complexity index is 1030. The van der Waals surface area contributed by atoms with Crippen LogP contribution in [0.15, 0.2) is 40.3 Å². The molecule has 0 saturated carbocycles. The number of nitrogens with zero attached hydrogens (tertiary/aromatic N) is 5. The minimum Gasteiger partial charge on any atom is -0.342 e. The zero-order chi connectivity index (χ0) is 18.1. The topological polar surface area (TPSA) is 103 Å². The van der Waals surface area contributed by atoms with Crippen molar-refractivity contribution < 1.29 is 4.79 Å². The van der Waals surface area contributed by atoms with Crippen molar-refractivity contribution in [2.45, 2.75) is 19.4 Å². The maximum absolute atomic E-state index is 12.6. The average Bonchev–Trinajstić information content (AvgIpc) is 3.04. The minimum atomic E-state index is -0.553. The van der Waals surface area contributed by atoms with Gasteiger partial charge in [0.05, 0.1) is 11.7 Å². The van der Waals surface area contributed by atoms with Gasteiger partial charge < -0.3 is 5.32 Å². The third-order valence-electron chi connectivity index (χ3n) is 4.08. The number of imidazole rings is 1.